The van der Waals surface area contributed by atoms with E-state index >= 15 is 0 Å². The van der Waals surface area contributed by atoms with E-state index in [1.807, 2.05) is 110 Å². The zero-order chi connectivity index (χ0) is 31.0. The van der Waals surface area contributed by atoms with E-state index in [2.05, 4.69) is 20.5 Å². The molecule has 2 amide bonds. The molecule has 1 aromatic heterocycles. The third-order valence-corrected chi connectivity index (χ3v) is 7.80. The van der Waals surface area contributed by atoms with Gasteiger partial charge in [0.25, 0.3) is 0 Å². The van der Waals surface area contributed by atoms with Crippen molar-refractivity contribution >= 4 is 34.2 Å². The summed E-state index contributed by atoms with van der Waals surface area (Å²) in [7, 11) is 0. The first-order chi connectivity index (χ1) is 22.1. The predicted molar refractivity (Wildman–Crippen MR) is 173 cm³/mol. The molecule has 10 heteroatoms. The van der Waals surface area contributed by atoms with E-state index in [-0.39, 0.29) is 18.4 Å². The van der Waals surface area contributed by atoms with Crippen molar-refractivity contribution in [1.29, 1.82) is 0 Å². The van der Waals surface area contributed by atoms with Gasteiger partial charge in [0.05, 0.1) is 25.3 Å². The summed E-state index contributed by atoms with van der Waals surface area (Å²) in [5.74, 6) is 0.0615. The number of benzene rings is 4. The van der Waals surface area contributed by atoms with Crippen LogP contribution in [0.4, 0.5) is 11.4 Å². The molecule has 0 radical (unpaired) electrons. The number of nitrogens with one attached hydrogen (secondary N) is 1. The molecule has 5 aromatic rings. The average molecular weight is 605 g/mol. The van der Waals surface area contributed by atoms with E-state index in [0.29, 0.717) is 48.9 Å². The standard InChI is InChI=1S/C35H36N6O4/c1-2-45-30-18-16-29(17-19-30)41(33(42)25-40-32-11-7-6-10-31(32)37-38-40)34(35(43)36-24-26-8-4-3-5-9-26)27-12-14-28(15-13-27)39-20-22-44-23-21-39/h3-19,34H,2,20-25H2,1H3,(H,36,43)/t34-/m1/s1. The summed E-state index contributed by atoms with van der Waals surface area (Å²) < 4.78 is 12.8. The number of amides is 2. The molecule has 0 unspecified atom stereocenters. The maximum Gasteiger partial charge on any atom is 0.249 e. The second kappa shape index (κ2) is 14.0. The van der Waals surface area contributed by atoms with Crippen LogP contribution in [0.5, 0.6) is 5.75 Å². The molecule has 2 heterocycles. The number of carbonyl (C=O) groups is 2. The minimum atomic E-state index is -0.965. The van der Waals surface area contributed by atoms with Crippen LogP contribution in [0.15, 0.2) is 103 Å². The normalized spacial score (nSPS) is 13.8. The van der Waals surface area contributed by atoms with Crippen molar-refractivity contribution in [3.05, 3.63) is 114 Å². The van der Waals surface area contributed by atoms with Crippen molar-refractivity contribution in [2.45, 2.75) is 26.1 Å². The summed E-state index contributed by atoms with van der Waals surface area (Å²) in [5.41, 5.74) is 4.67. The Morgan fingerprint density at radius 2 is 1.62 bits per heavy atom. The minimum absolute atomic E-state index is 0.109. The smallest absolute Gasteiger partial charge is 0.249 e. The molecule has 1 N–H and O–H groups in total. The fourth-order valence-corrected chi connectivity index (χ4v) is 5.53. The van der Waals surface area contributed by atoms with E-state index < -0.39 is 6.04 Å². The van der Waals surface area contributed by atoms with Gasteiger partial charge >= 0.3 is 0 Å². The van der Waals surface area contributed by atoms with Gasteiger partial charge in [0.15, 0.2) is 0 Å². The maximum absolute atomic E-state index is 14.4. The summed E-state index contributed by atoms with van der Waals surface area (Å²) in [6.45, 7) is 5.57. The Labute approximate surface area is 262 Å². The lowest BCUT2D eigenvalue weighted by molar-refractivity contribution is -0.127. The number of nitrogens with zero attached hydrogens (tertiary/aromatic N) is 5. The van der Waals surface area contributed by atoms with E-state index in [9.17, 15) is 9.59 Å². The number of carbonyl (C=O) groups excluding carboxylic acids is 2. The van der Waals surface area contributed by atoms with E-state index in [1.165, 1.54) is 0 Å². The topological polar surface area (TPSA) is 102 Å². The molecule has 45 heavy (non-hydrogen) atoms. The van der Waals surface area contributed by atoms with Crippen molar-refractivity contribution in [1.82, 2.24) is 20.3 Å². The number of morpholine rings is 1. The van der Waals surface area contributed by atoms with Gasteiger partial charge in [0.1, 0.15) is 23.9 Å². The number of para-hydroxylation sites is 1. The van der Waals surface area contributed by atoms with Gasteiger partial charge in [0.2, 0.25) is 11.8 Å². The number of hydrogen-bond acceptors (Lipinski definition) is 7. The van der Waals surface area contributed by atoms with Crippen LogP contribution in [0.1, 0.15) is 24.1 Å². The highest BCUT2D eigenvalue weighted by Crippen LogP contribution is 2.31. The summed E-state index contributed by atoms with van der Waals surface area (Å²) in [6, 6.07) is 31.3. The molecule has 0 aliphatic carbocycles. The van der Waals surface area contributed by atoms with Crippen LogP contribution in [0.25, 0.3) is 11.0 Å². The Kier molecular flexibility index (Phi) is 9.31. The van der Waals surface area contributed by atoms with Crippen LogP contribution in [0.2, 0.25) is 0 Å². The first kappa shape index (κ1) is 29.8. The lowest BCUT2D eigenvalue weighted by Crippen LogP contribution is -2.45. The van der Waals surface area contributed by atoms with Crippen LogP contribution in [0.3, 0.4) is 0 Å². The summed E-state index contributed by atoms with van der Waals surface area (Å²) in [5, 5.41) is 11.6. The van der Waals surface area contributed by atoms with Crippen LogP contribution < -0.4 is 19.9 Å². The molecule has 10 nitrogen and oxygen atoms in total. The van der Waals surface area contributed by atoms with Crippen LogP contribution in [-0.2, 0) is 27.4 Å². The number of anilines is 2. The fourth-order valence-electron chi connectivity index (χ4n) is 5.53. The lowest BCUT2D eigenvalue weighted by Gasteiger charge is -2.32. The molecule has 0 spiro atoms. The molecule has 1 fully saturated rings. The molecule has 6 rings (SSSR count). The van der Waals surface area contributed by atoms with Crippen molar-refractivity contribution in [3.63, 3.8) is 0 Å². The van der Waals surface area contributed by atoms with Crippen LogP contribution in [0, 0.1) is 0 Å². The third kappa shape index (κ3) is 6.97. The Morgan fingerprint density at radius 3 is 2.36 bits per heavy atom. The molecule has 1 aliphatic heterocycles. The molecular weight excluding hydrogens is 568 g/mol. The molecule has 1 aliphatic rings. The zero-order valence-electron chi connectivity index (χ0n) is 25.2. The van der Waals surface area contributed by atoms with E-state index in [4.69, 9.17) is 9.47 Å². The Morgan fingerprint density at radius 1 is 0.911 bits per heavy atom. The molecule has 1 atom stereocenters. The third-order valence-electron chi connectivity index (χ3n) is 7.80. The Bertz CT molecular complexity index is 1720. The summed E-state index contributed by atoms with van der Waals surface area (Å²) >= 11 is 0. The first-order valence-electron chi connectivity index (χ1n) is 15.2. The molecule has 1 saturated heterocycles. The largest absolute Gasteiger partial charge is 0.494 e. The molecule has 0 saturated carbocycles. The number of hydrogen-bond donors (Lipinski definition) is 1. The predicted octanol–water partition coefficient (Wildman–Crippen LogP) is 4.76. The number of rotatable bonds is 11. The number of aromatic nitrogens is 3. The van der Waals surface area contributed by atoms with E-state index in [1.54, 1.807) is 9.58 Å². The Balaban J connectivity index is 1.38. The van der Waals surface area contributed by atoms with Gasteiger partial charge in [0, 0.05) is 31.0 Å². The van der Waals surface area contributed by atoms with Crippen molar-refractivity contribution in [3.8, 4) is 5.75 Å². The maximum atomic E-state index is 14.4. The average Bonchev–Trinajstić information content (AvgIpc) is 3.50. The minimum Gasteiger partial charge on any atom is -0.494 e. The van der Waals surface area contributed by atoms with Gasteiger partial charge in [-0.3, -0.25) is 14.5 Å². The quantitative estimate of drug-likeness (QED) is 0.232. The SMILES string of the molecule is CCOc1ccc(N(C(=O)Cn2nnc3ccccc32)[C@@H](C(=O)NCc2ccccc2)c2ccc(N3CCOCC3)cc2)cc1. The van der Waals surface area contributed by atoms with Gasteiger partial charge in [-0.05, 0) is 66.6 Å². The highest BCUT2D eigenvalue weighted by molar-refractivity contribution is 6.01. The van der Waals surface area contributed by atoms with Crippen molar-refractivity contribution in [2.24, 2.45) is 0 Å². The highest BCUT2D eigenvalue weighted by atomic mass is 16.5. The summed E-state index contributed by atoms with van der Waals surface area (Å²) in [4.78, 5) is 32.4. The molecule has 0 bridgehead atoms. The van der Waals surface area contributed by atoms with Gasteiger partial charge in [-0.2, -0.15) is 0 Å². The summed E-state index contributed by atoms with van der Waals surface area (Å²) in [6.07, 6.45) is 0. The molecule has 4 aromatic carbocycles. The molecule has 230 valence electrons. The van der Waals surface area contributed by atoms with Crippen LogP contribution >= 0.6 is 0 Å². The lowest BCUT2D eigenvalue weighted by atomic mass is 10.0. The first-order valence-corrected chi connectivity index (χ1v) is 15.2. The molecular formula is C35H36N6O4. The monoisotopic (exact) mass is 604 g/mol. The van der Waals surface area contributed by atoms with Crippen LogP contribution in [-0.4, -0.2) is 59.7 Å². The fraction of sp³-hybridized carbons (Fsp3) is 0.257. The van der Waals surface area contributed by atoms with E-state index in [0.717, 1.165) is 29.9 Å². The van der Waals surface area contributed by atoms with Crippen molar-refractivity contribution in [2.75, 3.05) is 42.7 Å². The highest BCUT2D eigenvalue weighted by Gasteiger charge is 2.33. The van der Waals surface area contributed by atoms with Gasteiger partial charge < -0.3 is 19.7 Å². The van der Waals surface area contributed by atoms with Gasteiger partial charge in [-0.25, -0.2) is 4.68 Å². The Hall–Kier alpha value is -5.22. The van der Waals surface area contributed by atoms with Crippen molar-refractivity contribution < 1.29 is 19.1 Å². The van der Waals surface area contributed by atoms with Gasteiger partial charge in [-0.1, -0.05) is 59.8 Å². The number of ether oxygens (including phenoxy) is 2. The zero-order valence-corrected chi connectivity index (χ0v) is 25.2. The second-order valence-electron chi connectivity index (χ2n) is 10.7. The number of fused-ring (bicyclic) bond motifs is 1. The van der Waals surface area contributed by atoms with Gasteiger partial charge in [-0.15, -0.1) is 5.10 Å². The second-order valence-corrected chi connectivity index (χ2v) is 10.7.